The van der Waals surface area contributed by atoms with Gasteiger partial charge in [0.15, 0.2) is 0 Å². The Hall–Kier alpha value is -2.79. The van der Waals surface area contributed by atoms with Crippen LogP contribution in [0.1, 0.15) is 54.8 Å². The standard InChI is InChI=1S/C29H38O6Si2/c1-8-27(32-34-28(30)23-15-19-25(20-16-23)36(9-2,10-3)11-4)33-35-29(31)24-17-21-26(22-18-24)37(12-5,13-6)14-7/h9,12,15-22H,1-2,5,8,10-11,13-14H2,3-4,6-7H3. The maximum atomic E-state index is 12.4. The molecule has 0 atom stereocenters. The monoisotopic (exact) mass is 538 g/mol. The Morgan fingerprint density at radius 2 is 0.973 bits per heavy atom. The molecule has 2 aromatic rings. The van der Waals surface area contributed by atoms with Crippen LogP contribution in [-0.2, 0) is 19.6 Å². The summed E-state index contributed by atoms with van der Waals surface area (Å²) >= 11 is 0. The Morgan fingerprint density at radius 1 is 0.649 bits per heavy atom. The van der Waals surface area contributed by atoms with Crippen molar-refractivity contribution in [1.29, 1.82) is 0 Å². The quantitative estimate of drug-likeness (QED) is 0.155. The summed E-state index contributed by atoms with van der Waals surface area (Å²) in [5, 5.41) is 2.42. The van der Waals surface area contributed by atoms with Crippen LogP contribution in [0.4, 0.5) is 0 Å². The minimum atomic E-state index is -1.76. The third kappa shape index (κ3) is 7.16. The zero-order valence-electron chi connectivity index (χ0n) is 22.4. The largest absolute Gasteiger partial charge is 0.373 e. The van der Waals surface area contributed by atoms with Crippen molar-refractivity contribution < 1.29 is 29.1 Å². The first-order chi connectivity index (χ1) is 17.8. The van der Waals surface area contributed by atoms with Gasteiger partial charge in [0.2, 0.25) is 0 Å². The van der Waals surface area contributed by atoms with Crippen molar-refractivity contribution in [3.05, 3.63) is 97.4 Å². The molecular formula is C29H38O6Si2. The van der Waals surface area contributed by atoms with E-state index in [4.69, 9.17) is 19.6 Å². The highest BCUT2D eigenvalue weighted by Gasteiger charge is 2.29. The van der Waals surface area contributed by atoms with Crippen LogP contribution >= 0.6 is 0 Å². The van der Waals surface area contributed by atoms with Crippen LogP contribution < -0.4 is 10.4 Å². The topological polar surface area (TPSA) is 71.1 Å². The van der Waals surface area contributed by atoms with Crippen molar-refractivity contribution >= 4 is 38.5 Å². The van der Waals surface area contributed by atoms with E-state index in [2.05, 4.69) is 59.2 Å². The highest BCUT2D eigenvalue weighted by molar-refractivity contribution is 6.96. The average molecular weight is 539 g/mol. The number of hydrogen-bond donors (Lipinski definition) is 0. The lowest BCUT2D eigenvalue weighted by atomic mass is 10.2. The summed E-state index contributed by atoms with van der Waals surface area (Å²) in [4.78, 5) is 44.5. The normalized spacial score (nSPS) is 11.7. The first-order valence-corrected chi connectivity index (χ1v) is 17.7. The second-order valence-corrected chi connectivity index (χ2v) is 18.2. The molecule has 0 saturated heterocycles. The van der Waals surface area contributed by atoms with E-state index in [0.717, 1.165) is 24.2 Å². The van der Waals surface area contributed by atoms with Crippen LogP contribution in [0.3, 0.4) is 0 Å². The van der Waals surface area contributed by atoms with Crippen LogP contribution in [0.2, 0.25) is 24.2 Å². The van der Waals surface area contributed by atoms with Crippen LogP contribution in [0, 0.1) is 13.2 Å². The summed E-state index contributed by atoms with van der Waals surface area (Å²) in [6, 6.07) is 18.7. The lowest BCUT2D eigenvalue weighted by Crippen LogP contribution is -2.44. The summed E-state index contributed by atoms with van der Waals surface area (Å²) in [6.07, 6.45) is -0.306. The molecule has 0 aliphatic rings. The second-order valence-electron chi connectivity index (χ2n) is 8.82. The van der Waals surface area contributed by atoms with E-state index < -0.39 is 28.1 Å². The van der Waals surface area contributed by atoms with Crippen LogP contribution in [0.15, 0.2) is 73.1 Å². The molecule has 0 N–H and O–H groups in total. The fourth-order valence-electron chi connectivity index (χ4n) is 4.37. The number of carbonyl (C=O) groups is 2. The lowest BCUT2D eigenvalue weighted by molar-refractivity contribution is -0.362. The summed E-state index contributed by atoms with van der Waals surface area (Å²) in [7, 11) is -3.53. The number of rotatable bonds is 15. The minimum absolute atomic E-state index is 0.0423. The predicted molar refractivity (Wildman–Crippen MR) is 152 cm³/mol. The van der Waals surface area contributed by atoms with Gasteiger partial charge in [-0.25, -0.2) is 9.59 Å². The Balaban J connectivity index is 1.93. The molecule has 0 fully saturated rings. The van der Waals surface area contributed by atoms with Gasteiger partial charge < -0.3 is 0 Å². The Kier molecular flexibility index (Phi) is 11.7. The first-order valence-electron chi connectivity index (χ1n) is 12.7. The smallest absolute Gasteiger partial charge is 0.289 e. The maximum Gasteiger partial charge on any atom is 0.373 e. The van der Waals surface area contributed by atoms with Crippen LogP contribution in [0.5, 0.6) is 0 Å². The number of hydrogen-bond acceptors (Lipinski definition) is 6. The van der Waals surface area contributed by atoms with Crippen molar-refractivity contribution in [2.45, 2.75) is 58.3 Å². The van der Waals surface area contributed by atoms with E-state index in [-0.39, 0.29) is 12.7 Å². The highest BCUT2D eigenvalue weighted by atomic mass is 28.3. The van der Waals surface area contributed by atoms with Gasteiger partial charge in [-0.15, -0.1) is 22.9 Å². The van der Waals surface area contributed by atoms with Crippen molar-refractivity contribution in [3.63, 3.8) is 0 Å². The summed E-state index contributed by atoms with van der Waals surface area (Å²) in [6.45, 7) is 20.4. The van der Waals surface area contributed by atoms with Crippen molar-refractivity contribution in [2.24, 2.45) is 0 Å². The maximum absolute atomic E-state index is 12.4. The van der Waals surface area contributed by atoms with Crippen molar-refractivity contribution in [2.75, 3.05) is 0 Å². The van der Waals surface area contributed by atoms with E-state index in [1.165, 1.54) is 10.4 Å². The van der Waals surface area contributed by atoms with Gasteiger partial charge in [-0.05, 0) is 31.2 Å². The van der Waals surface area contributed by atoms with Gasteiger partial charge in [-0.3, -0.25) is 9.78 Å². The zero-order valence-corrected chi connectivity index (χ0v) is 24.4. The summed E-state index contributed by atoms with van der Waals surface area (Å²) in [5.41, 5.74) is 4.81. The zero-order chi connectivity index (χ0) is 27.5. The highest BCUT2D eigenvalue weighted by Crippen LogP contribution is 2.19. The molecule has 0 aliphatic heterocycles. The fraction of sp³-hybridized carbons (Fsp3) is 0.310. The van der Waals surface area contributed by atoms with Gasteiger partial charge in [0.1, 0.15) is 16.1 Å². The Labute approximate surface area is 223 Å². The molecule has 198 valence electrons. The third-order valence-corrected chi connectivity index (χ3v) is 16.9. The van der Waals surface area contributed by atoms with Crippen molar-refractivity contribution in [1.82, 2.24) is 0 Å². The van der Waals surface area contributed by atoms with Gasteiger partial charge in [0.05, 0.1) is 11.1 Å². The summed E-state index contributed by atoms with van der Waals surface area (Å²) in [5.74, 6) is -1.41. The van der Waals surface area contributed by atoms with E-state index in [1.807, 2.05) is 24.3 Å². The molecule has 0 heterocycles. The Bertz CT molecular complexity index is 958. The molecule has 8 heteroatoms. The molecular weight excluding hydrogens is 500 g/mol. The molecule has 0 amide bonds. The second kappa shape index (κ2) is 14.2. The molecule has 0 bridgehead atoms. The van der Waals surface area contributed by atoms with Crippen LogP contribution in [-0.4, -0.2) is 28.1 Å². The first kappa shape index (κ1) is 30.4. The minimum Gasteiger partial charge on any atom is -0.289 e. The van der Waals surface area contributed by atoms with Gasteiger partial charge >= 0.3 is 18.2 Å². The molecule has 0 unspecified atom stereocenters. The summed E-state index contributed by atoms with van der Waals surface area (Å²) < 4.78 is 0. The molecule has 2 radical (unpaired) electrons. The lowest BCUT2D eigenvalue weighted by Gasteiger charge is -2.26. The van der Waals surface area contributed by atoms with E-state index in [0.29, 0.717) is 11.1 Å². The molecule has 2 aromatic carbocycles. The Morgan fingerprint density at radius 3 is 1.22 bits per heavy atom. The van der Waals surface area contributed by atoms with E-state index in [9.17, 15) is 9.59 Å². The van der Waals surface area contributed by atoms with E-state index in [1.54, 1.807) is 24.3 Å². The molecule has 6 nitrogen and oxygen atoms in total. The SMILES string of the molecule is [CH2]C[C](OOC(=O)c1ccc([Si](C=C)(CC)CC)cc1)OOC(=O)c1ccc([Si](C=C)(CC)CC)cc1. The molecule has 2 rings (SSSR count). The van der Waals surface area contributed by atoms with Crippen molar-refractivity contribution in [3.8, 4) is 0 Å². The van der Waals surface area contributed by atoms with E-state index >= 15 is 0 Å². The predicted octanol–water partition coefficient (Wildman–Crippen LogP) is 6.12. The van der Waals surface area contributed by atoms with Gasteiger partial charge in [-0.2, -0.15) is 0 Å². The van der Waals surface area contributed by atoms with Gasteiger partial charge in [0, 0.05) is 6.42 Å². The van der Waals surface area contributed by atoms with Gasteiger partial charge in [-0.1, -0.05) is 97.9 Å². The molecule has 37 heavy (non-hydrogen) atoms. The molecule has 0 aromatic heterocycles. The fourth-order valence-corrected chi connectivity index (χ4v) is 10.3. The van der Waals surface area contributed by atoms with Gasteiger partial charge in [0.25, 0.3) is 0 Å². The number of benzene rings is 2. The molecule has 0 spiro atoms. The third-order valence-electron chi connectivity index (χ3n) is 7.32. The van der Waals surface area contributed by atoms with Crippen LogP contribution in [0.25, 0.3) is 0 Å². The molecule has 0 aliphatic carbocycles. The number of carbonyl (C=O) groups excluding carboxylic acids is 2. The average Bonchev–Trinajstić information content (AvgIpc) is 2.96. The molecule has 0 saturated carbocycles.